The number of H-pyrrole nitrogens is 1. The highest BCUT2D eigenvalue weighted by molar-refractivity contribution is 7.13. The summed E-state index contributed by atoms with van der Waals surface area (Å²) in [4.78, 5) is 22.2. The molecule has 0 radical (unpaired) electrons. The Morgan fingerprint density at radius 3 is 2.97 bits per heavy atom. The molecule has 5 rings (SSSR count). The molecule has 1 aromatic carbocycles. The van der Waals surface area contributed by atoms with Gasteiger partial charge in [-0.2, -0.15) is 10.1 Å². The SMILES string of the molecule is O=C(CCc1nc(-c2cccs2)no1)Nc1cccc(-c2n[nH]c(C3CC3)n2)c1. The lowest BCUT2D eigenvalue weighted by Crippen LogP contribution is -2.12. The number of anilines is 1. The van der Waals surface area contributed by atoms with Gasteiger partial charge in [-0.15, -0.1) is 11.3 Å². The van der Waals surface area contributed by atoms with Gasteiger partial charge in [-0.25, -0.2) is 4.98 Å². The van der Waals surface area contributed by atoms with Crippen molar-refractivity contribution >= 4 is 22.9 Å². The maximum Gasteiger partial charge on any atom is 0.227 e. The smallest absolute Gasteiger partial charge is 0.227 e. The molecule has 146 valence electrons. The minimum Gasteiger partial charge on any atom is -0.339 e. The Bertz CT molecular complexity index is 1130. The van der Waals surface area contributed by atoms with E-state index in [0.717, 1.165) is 16.3 Å². The molecule has 9 heteroatoms. The highest BCUT2D eigenvalue weighted by Crippen LogP contribution is 2.38. The number of hydrogen-bond acceptors (Lipinski definition) is 7. The van der Waals surface area contributed by atoms with Crippen LogP contribution in [-0.2, 0) is 11.2 Å². The second-order valence-electron chi connectivity index (χ2n) is 6.94. The van der Waals surface area contributed by atoms with Crippen LogP contribution in [0.25, 0.3) is 22.1 Å². The molecule has 3 aromatic heterocycles. The molecule has 2 N–H and O–H groups in total. The fraction of sp³-hybridized carbons (Fsp3) is 0.250. The van der Waals surface area contributed by atoms with Gasteiger partial charge in [-0.1, -0.05) is 23.4 Å². The van der Waals surface area contributed by atoms with Gasteiger partial charge in [0.05, 0.1) is 4.88 Å². The first-order chi connectivity index (χ1) is 14.2. The molecule has 4 aromatic rings. The van der Waals surface area contributed by atoms with Crippen LogP contribution in [-0.4, -0.2) is 31.2 Å². The van der Waals surface area contributed by atoms with Gasteiger partial charge in [-0.3, -0.25) is 9.89 Å². The lowest BCUT2D eigenvalue weighted by atomic mass is 10.2. The van der Waals surface area contributed by atoms with Crippen LogP contribution in [0.4, 0.5) is 5.69 Å². The van der Waals surface area contributed by atoms with E-state index in [4.69, 9.17) is 4.52 Å². The Balaban J connectivity index is 1.19. The quantitative estimate of drug-likeness (QED) is 0.479. The molecule has 0 unspecified atom stereocenters. The van der Waals surface area contributed by atoms with Crippen molar-refractivity contribution in [3.63, 3.8) is 0 Å². The van der Waals surface area contributed by atoms with Crippen molar-refractivity contribution in [2.75, 3.05) is 5.32 Å². The third-order valence-corrected chi connectivity index (χ3v) is 5.51. The number of aromatic nitrogens is 5. The van der Waals surface area contributed by atoms with Gasteiger partial charge in [0.25, 0.3) is 0 Å². The number of thiophene rings is 1. The van der Waals surface area contributed by atoms with E-state index < -0.39 is 0 Å². The zero-order valence-corrected chi connectivity index (χ0v) is 16.3. The summed E-state index contributed by atoms with van der Waals surface area (Å²) in [6.45, 7) is 0. The summed E-state index contributed by atoms with van der Waals surface area (Å²) in [5.74, 6) is 2.99. The summed E-state index contributed by atoms with van der Waals surface area (Å²) in [6, 6.07) is 11.4. The van der Waals surface area contributed by atoms with Crippen molar-refractivity contribution in [3.8, 4) is 22.1 Å². The van der Waals surface area contributed by atoms with Crippen molar-refractivity contribution in [2.24, 2.45) is 0 Å². The van der Waals surface area contributed by atoms with Crippen molar-refractivity contribution in [2.45, 2.75) is 31.6 Å². The summed E-state index contributed by atoms with van der Waals surface area (Å²) in [5.41, 5.74) is 1.57. The monoisotopic (exact) mass is 406 g/mol. The number of aryl methyl sites for hydroxylation is 1. The average Bonchev–Trinajstić information content (AvgIpc) is 3.17. The molecule has 8 nitrogen and oxygen atoms in total. The maximum absolute atomic E-state index is 12.3. The van der Waals surface area contributed by atoms with Crippen LogP contribution in [0.3, 0.4) is 0 Å². The van der Waals surface area contributed by atoms with Gasteiger partial charge in [0.2, 0.25) is 17.6 Å². The molecule has 1 aliphatic carbocycles. The van der Waals surface area contributed by atoms with Crippen molar-refractivity contribution in [1.29, 1.82) is 0 Å². The predicted molar refractivity (Wildman–Crippen MR) is 108 cm³/mol. The Kier molecular flexibility index (Phi) is 4.65. The Hall–Kier alpha value is -3.33. The number of benzene rings is 1. The van der Waals surface area contributed by atoms with Gasteiger partial charge in [0.15, 0.2) is 5.82 Å². The minimum atomic E-state index is -0.119. The molecule has 3 heterocycles. The standard InChI is InChI=1S/C20H18N6O2S/c27-16(8-9-17-22-20(26-28-17)15-5-2-10-29-15)21-14-4-1-3-13(11-14)19-23-18(24-25-19)12-6-7-12/h1-5,10-12H,6-9H2,(H,21,27)(H,23,24,25). The van der Waals surface area contributed by atoms with E-state index in [9.17, 15) is 4.79 Å². The van der Waals surface area contributed by atoms with Gasteiger partial charge in [0, 0.05) is 30.0 Å². The highest BCUT2D eigenvalue weighted by atomic mass is 32.1. The fourth-order valence-corrected chi connectivity index (χ4v) is 3.63. The van der Waals surface area contributed by atoms with E-state index in [0.29, 0.717) is 35.6 Å². The summed E-state index contributed by atoms with van der Waals surface area (Å²) in [5, 5.41) is 16.1. The number of nitrogens with zero attached hydrogens (tertiary/aromatic N) is 4. The van der Waals surface area contributed by atoms with Crippen LogP contribution in [0, 0.1) is 0 Å². The van der Waals surface area contributed by atoms with Crippen LogP contribution in [0.1, 0.15) is 36.9 Å². The topological polar surface area (TPSA) is 110 Å². The largest absolute Gasteiger partial charge is 0.339 e. The van der Waals surface area contributed by atoms with Crippen molar-refractivity contribution in [3.05, 3.63) is 53.5 Å². The second-order valence-corrected chi connectivity index (χ2v) is 7.88. The van der Waals surface area contributed by atoms with E-state index in [1.54, 1.807) is 11.3 Å². The third-order valence-electron chi connectivity index (χ3n) is 4.65. The van der Waals surface area contributed by atoms with Gasteiger partial charge < -0.3 is 9.84 Å². The van der Waals surface area contributed by atoms with Gasteiger partial charge in [-0.05, 0) is 36.4 Å². The fourth-order valence-electron chi connectivity index (χ4n) is 2.99. The Morgan fingerprint density at radius 2 is 2.14 bits per heavy atom. The van der Waals surface area contributed by atoms with E-state index in [1.165, 1.54) is 12.8 Å². The first-order valence-electron chi connectivity index (χ1n) is 9.43. The van der Waals surface area contributed by atoms with Crippen LogP contribution >= 0.6 is 11.3 Å². The zero-order chi connectivity index (χ0) is 19.6. The summed E-state index contributed by atoms with van der Waals surface area (Å²) >= 11 is 1.54. The summed E-state index contributed by atoms with van der Waals surface area (Å²) in [6.07, 6.45) is 2.97. The molecule has 0 bridgehead atoms. The molecule has 0 spiro atoms. The molecular weight excluding hydrogens is 388 g/mol. The van der Waals surface area contributed by atoms with Gasteiger partial charge in [0.1, 0.15) is 5.82 Å². The predicted octanol–water partition coefficient (Wildman–Crippen LogP) is 4.03. The van der Waals surface area contributed by atoms with Crippen LogP contribution in [0.5, 0.6) is 0 Å². The summed E-state index contributed by atoms with van der Waals surface area (Å²) in [7, 11) is 0. The van der Waals surface area contributed by atoms with Crippen LogP contribution in [0.15, 0.2) is 46.3 Å². The molecule has 1 aliphatic rings. The number of carbonyl (C=O) groups is 1. The number of nitrogens with one attached hydrogen (secondary N) is 2. The van der Waals surface area contributed by atoms with Crippen LogP contribution in [0.2, 0.25) is 0 Å². The number of carbonyl (C=O) groups excluding carboxylic acids is 1. The number of hydrogen-bond donors (Lipinski definition) is 2. The van der Waals surface area contributed by atoms with Crippen molar-refractivity contribution < 1.29 is 9.32 Å². The third kappa shape index (κ3) is 4.09. The lowest BCUT2D eigenvalue weighted by Gasteiger charge is -2.05. The van der Waals surface area contributed by atoms with E-state index in [-0.39, 0.29) is 12.3 Å². The van der Waals surface area contributed by atoms with E-state index in [1.807, 2.05) is 41.8 Å². The molecule has 1 fully saturated rings. The maximum atomic E-state index is 12.3. The normalized spacial score (nSPS) is 13.5. The van der Waals surface area contributed by atoms with E-state index >= 15 is 0 Å². The molecular formula is C20H18N6O2S. The number of rotatable bonds is 7. The molecule has 0 aliphatic heterocycles. The average molecular weight is 406 g/mol. The zero-order valence-electron chi connectivity index (χ0n) is 15.5. The Labute approximate surface area is 170 Å². The molecule has 1 amide bonds. The molecule has 0 atom stereocenters. The van der Waals surface area contributed by atoms with Gasteiger partial charge >= 0.3 is 0 Å². The van der Waals surface area contributed by atoms with E-state index in [2.05, 4.69) is 30.6 Å². The lowest BCUT2D eigenvalue weighted by molar-refractivity contribution is -0.116. The first kappa shape index (κ1) is 17.7. The minimum absolute atomic E-state index is 0.119. The molecule has 1 saturated carbocycles. The number of amides is 1. The molecule has 29 heavy (non-hydrogen) atoms. The molecule has 0 saturated heterocycles. The number of aromatic amines is 1. The van der Waals surface area contributed by atoms with Crippen molar-refractivity contribution in [1.82, 2.24) is 25.3 Å². The second kappa shape index (κ2) is 7.59. The summed E-state index contributed by atoms with van der Waals surface area (Å²) < 4.78 is 5.24. The van der Waals surface area contributed by atoms with Crippen LogP contribution < -0.4 is 5.32 Å². The first-order valence-corrected chi connectivity index (χ1v) is 10.3. The highest BCUT2D eigenvalue weighted by Gasteiger charge is 2.27. The Morgan fingerprint density at radius 1 is 1.21 bits per heavy atom.